The molecular formula is C10H15F3N4O2. The molecule has 0 atom stereocenters. The highest BCUT2D eigenvalue weighted by Gasteiger charge is 2.35. The van der Waals surface area contributed by atoms with E-state index in [0.29, 0.717) is 0 Å². The van der Waals surface area contributed by atoms with Gasteiger partial charge in [-0.3, -0.25) is 0 Å². The zero-order chi connectivity index (χ0) is 14.3. The second kappa shape index (κ2) is 7.10. The van der Waals surface area contributed by atoms with E-state index in [1.54, 1.807) is 0 Å². The van der Waals surface area contributed by atoms with Gasteiger partial charge in [-0.15, -0.1) is 0 Å². The number of alkyl halides is 3. The summed E-state index contributed by atoms with van der Waals surface area (Å²) in [7, 11) is 1.47. The molecule has 0 radical (unpaired) electrons. The van der Waals surface area contributed by atoms with Gasteiger partial charge in [-0.05, 0) is 0 Å². The van der Waals surface area contributed by atoms with E-state index in [-0.39, 0.29) is 38.0 Å². The van der Waals surface area contributed by atoms with Gasteiger partial charge in [0.1, 0.15) is 11.6 Å². The molecule has 0 aliphatic carbocycles. The first-order valence-corrected chi connectivity index (χ1v) is 5.54. The molecular weight excluding hydrogens is 265 g/mol. The third-order valence-corrected chi connectivity index (χ3v) is 2.02. The molecule has 0 fully saturated rings. The van der Waals surface area contributed by atoms with Gasteiger partial charge < -0.3 is 20.5 Å². The van der Waals surface area contributed by atoms with Gasteiger partial charge in [0, 0.05) is 19.7 Å². The third kappa shape index (κ3) is 5.26. The fourth-order valence-corrected chi connectivity index (χ4v) is 1.21. The highest BCUT2D eigenvalue weighted by Crippen LogP contribution is 2.28. The Morgan fingerprint density at radius 1 is 1.26 bits per heavy atom. The van der Waals surface area contributed by atoms with E-state index in [1.807, 2.05) is 0 Å². The molecule has 0 saturated heterocycles. The minimum Gasteiger partial charge on any atom is -0.394 e. The van der Waals surface area contributed by atoms with Crippen LogP contribution in [0, 0.1) is 0 Å². The second-order valence-corrected chi connectivity index (χ2v) is 3.47. The summed E-state index contributed by atoms with van der Waals surface area (Å²) in [5, 5.41) is 13.7. The minimum atomic E-state index is -4.60. The summed E-state index contributed by atoms with van der Waals surface area (Å²) in [6, 6.07) is 1.36. The molecule has 0 unspecified atom stereocenters. The second-order valence-electron chi connectivity index (χ2n) is 3.47. The molecule has 19 heavy (non-hydrogen) atoms. The normalized spacial score (nSPS) is 11.4. The zero-order valence-electron chi connectivity index (χ0n) is 10.3. The number of anilines is 2. The van der Waals surface area contributed by atoms with Crippen LogP contribution in [0.1, 0.15) is 5.82 Å². The van der Waals surface area contributed by atoms with Crippen molar-refractivity contribution in [3.8, 4) is 0 Å². The lowest BCUT2D eigenvalue weighted by Crippen LogP contribution is -2.16. The van der Waals surface area contributed by atoms with Crippen molar-refractivity contribution >= 4 is 11.6 Å². The van der Waals surface area contributed by atoms with Gasteiger partial charge >= 0.3 is 6.18 Å². The van der Waals surface area contributed by atoms with E-state index in [4.69, 9.17) is 9.84 Å². The molecule has 9 heteroatoms. The summed E-state index contributed by atoms with van der Waals surface area (Å²) in [5.74, 6) is -1.08. The number of aromatic nitrogens is 2. The Labute approximate surface area is 108 Å². The van der Waals surface area contributed by atoms with Crippen LogP contribution in [-0.4, -0.2) is 48.5 Å². The zero-order valence-corrected chi connectivity index (χ0v) is 10.3. The average molecular weight is 280 g/mol. The van der Waals surface area contributed by atoms with Crippen LogP contribution in [0.25, 0.3) is 0 Å². The molecule has 1 aromatic rings. The van der Waals surface area contributed by atoms with Crippen molar-refractivity contribution in [1.82, 2.24) is 9.97 Å². The molecule has 3 N–H and O–H groups in total. The maximum Gasteiger partial charge on any atom is 0.451 e. The van der Waals surface area contributed by atoms with Gasteiger partial charge in [0.05, 0.1) is 19.8 Å². The highest BCUT2D eigenvalue weighted by molar-refractivity contribution is 5.47. The first kappa shape index (κ1) is 15.4. The fourth-order valence-electron chi connectivity index (χ4n) is 1.21. The maximum absolute atomic E-state index is 12.5. The van der Waals surface area contributed by atoms with E-state index in [0.717, 1.165) is 0 Å². The van der Waals surface area contributed by atoms with Crippen molar-refractivity contribution in [1.29, 1.82) is 0 Å². The smallest absolute Gasteiger partial charge is 0.394 e. The number of aliphatic hydroxyl groups excluding tert-OH is 1. The Morgan fingerprint density at radius 2 is 1.95 bits per heavy atom. The molecule has 0 aliphatic heterocycles. The van der Waals surface area contributed by atoms with Crippen LogP contribution in [0.5, 0.6) is 0 Å². The number of hydrogen-bond donors (Lipinski definition) is 3. The van der Waals surface area contributed by atoms with Crippen LogP contribution >= 0.6 is 0 Å². The molecule has 0 amide bonds. The molecule has 1 heterocycles. The Morgan fingerprint density at radius 3 is 2.53 bits per heavy atom. The van der Waals surface area contributed by atoms with Crippen molar-refractivity contribution in [3.63, 3.8) is 0 Å². The quantitative estimate of drug-likeness (QED) is 0.646. The van der Waals surface area contributed by atoms with Crippen molar-refractivity contribution in [2.75, 3.05) is 44.0 Å². The van der Waals surface area contributed by atoms with Crippen LogP contribution < -0.4 is 10.6 Å². The highest BCUT2D eigenvalue weighted by atomic mass is 19.4. The largest absolute Gasteiger partial charge is 0.451 e. The first-order valence-electron chi connectivity index (χ1n) is 5.54. The fraction of sp³-hybridized carbons (Fsp3) is 0.600. The molecule has 1 rings (SSSR count). The number of halogens is 3. The van der Waals surface area contributed by atoms with E-state index >= 15 is 0 Å². The Bertz CT molecular complexity index is 401. The number of rotatable bonds is 7. The SMILES string of the molecule is CNc1cc(NCCOCCO)nc(C(F)(F)F)n1. The van der Waals surface area contributed by atoms with E-state index < -0.39 is 12.0 Å². The number of hydrogen-bond acceptors (Lipinski definition) is 6. The van der Waals surface area contributed by atoms with Gasteiger partial charge in [-0.2, -0.15) is 13.2 Å². The monoisotopic (exact) mass is 280 g/mol. The number of nitrogens with zero attached hydrogens (tertiary/aromatic N) is 2. The molecule has 0 aromatic carbocycles. The van der Waals surface area contributed by atoms with Gasteiger partial charge in [-0.1, -0.05) is 0 Å². The lowest BCUT2D eigenvalue weighted by molar-refractivity contribution is -0.144. The minimum absolute atomic E-state index is 0.0549. The van der Waals surface area contributed by atoms with Crippen LogP contribution in [0.15, 0.2) is 6.07 Å². The summed E-state index contributed by atoms with van der Waals surface area (Å²) in [4.78, 5) is 6.71. The number of aliphatic hydroxyl groups is 1. The van der Waals surface area contributed by atoms with Crippen LogP contribution in [0.4, 0.5) is 24.8 Å². The standard InChI is InChI=1S/C10H15F3N4O2/c1-14-7-6-8(15-2-4-19-5-3-18)17-9(16-7)10(11,12)13/h6,18H,2-5H2,1H3,(H2,14,15,16,17). The van der Waals surface area contributed by atoms with Crippen molar-refractivity contribution in [2.45, 2.75) is 6.18 Å². The van der Waals surface area contributed by atoms with Crippen LogP contribution in [0.2, 0.25) is 0 Å². The molecule has 0 bridgehead atoms. The Balaban J connectivity index is 2.67. The summed E-state index contributed by atoms with van der Waals surface area (Å²) in [5.41, 5.74) is 0. The van der Waals surface area contributed by atoms with Crippen LogP contribution in [0.3, 0.4) is 0 Å². The van der Waals surface area contributed by atoms with Gasteiger partial charge in [0.25, 0.3) is 0 Å². The van der Waals surface area contributed by atoms with Gasteiger partial charge in [0.2, 0.25) is 5.82 Å². The predicted molar refractivity (Wildman–Crippen MR) is 63.0 cm³/mol. The summed E-state index contributed by atoms with van der Waals surface area (Å²) >= 11 is 0. The number of ether oxygens (including phenoxy) is 1. The Hall–Kier alpha value is -1.61. The maximum atomic E-state index is 12.5. The topological polar surface area (TPSA) is 79.3 Å². The van der Waals surface area contributed by atoms with E-state index in [9.17, 15) is 13.2 Å². The predicted octanol–water partition coefficient (Wildman–Crippen LogP) is 0.958. The van der Waals surface area contributed by atoms with Crippen LogP contribution in [-0.2, 0) is 10.9 Å². The molecule has 0 saturated carbocycles. The Kier molecular flexibility index (Phi) is 5.77. The van der Waals surface area contributed by atoms with E-state index in [1.165, 1.54) is 13.1 Å². The summed E-state index contributed by atoms with van der Waals surface area (Å²) in [6.07, 6.45) is -4.60. The number of nitrogens with one attached hydrogen (secondary N) is 2. The van der Waals surface area contributed by atoms with Gasteiger partial charge in [0.15, 0.2) is 0 Å². The summed E-state index contributed by atoms with van der Waals surface area (Å²) in [6.45, 7) is 0.606. The lowest BCUT2D eigenvalue weighted by atomic mass is 10.4. The first-order chi connectivity index (χ1) is 8.97. The van der Waals surface area contributed by atoms with Gasteiger partial charge in [-0.25, -0.2) is 9.97 Å². The van der Waals surface area contributed by atoms with Crippen molar-refractivity contribution < 1.29 is 23.0 Å². The molecule has 108 valence electrons. The average Bonchev–Trinajstić information content (AvgIpc) is 2.37. The molecule has 0 spiro atoms. The molecule has 6 nitrogen and oxygen atoms in total. The lowest BCUT2D eigenvalue weighted by Gasteiger charge is -2.11. The van der Waals surface area contributed by atoms with Crippen molar-refractivity contribution in [3.05, 3.63) is 11.9 Å². The molecule has 0 aliphatic rings. The molecule has 1 aromatic heterocycles. The van der Waals surface area contributed by atoms with Crippen molar-refractivity contribution in [2.24, 2.45) is 0 Å². The summed E-state index contributed by atoms with van der Waals surface area (Å²) < 4.78 is 42.6. The van der Waals surface area contributed by atoms with E-state index in [2.05, 4.69) is 20.6 Å². The third-order valence-electron chi connectivity index (χ3n) is 2.02.